The van der Waals surface area contributed by atoms with Crippen LogP contribution >= 0.6 is 11.8 Å². The van der Waals surface area contributed by atoms with Gasteiger partial charge in [-0.15, -0.1) is 10.2 Å². The van der Waals surface area contributed by atoms with Crippen molar-refractivity contribution in [3.8, 4) is 11.4 Å². The molecule has 0 unspecified atom stereocenters. The van der Waals surface area contributed by atoms with Crippen molar-refractivity contribution < 1.29 is 9.53 Å². The lowest BCUT2D eigenvalue weighted by molar-refractivity contribution is -0.113. The van der Waals surface area contributed by atoms with Gasteiger partial charge < -0.3 is 14.6 Å². The van der Waals surface area contributed by atoms with Crippen LogP contribution < -0.4 is 5.32 Å². The zero-order valence-corrected chi connectivity index (χ0v) is 17.7. The van der Waals surface area contributed by atoms with E-state index in [1.54, 1.807) is 19.5 Å². The summed E-state index contributed by atoms with van der Waals surface area (Å²) in [4.78, 5) is 16.5. The minimum Gasteiger partial charge on any atom is -0.385 e. The smallest absolute Gasteiger partial charge is 0.234 e. The van der Waals surface area contributed by atoms with Crippen molar-refractivity contribution in [2.45, 2.75) is 32.0 Å². The van der Waals surface area contributed by atoms with Gasteiger partial charge in [-0.25, -0.2) is 0 Å². The van der Waals surface area contributed by atoms with Gasteiger partial charge in [0.25, 0.3) is 0 Å². The molecule has 1 amide bonds. The number of carbonyl (C=O) groups is 1. The number of nitrogens with zero attached hydrogens (tertiary/aromatic N) is 4. The Bertz CT molecular complexity index is 959. The molecule has 8 heteroatoms. The highest BCUT2D eigenvalue weighted by atomic mass is 32.2. The molecule has 152 valence electrons. The summed E-state index contributed by atoms with van der Waals surface area (Å²) in [5.41, 5.74) is 4.01. The van der Waals surface area contributed by atoms with Crippen LogP contribution in [0.25, 0.3) is 11.4 Å². The maximum Gasteiger partial charge on any atom is 0.234 e. The Balaban J connectivity index is 1.71. The van der Waals surface area contributed by atoms with Crippen molar-refractivity contribution >= 4 is 23.4 Å². The Labute approximate surface area is 174 Å². The van der Waals surface area contributed by atoms with Crippen LogP contribution in [0.2, 0.25) is 0 Å². The number of amides is 1. The van der Waals surface area contributed by atoms with E-state index >= 15 is 0 Å². The number of nitrogens with one attached hydrogen (secondary N) is 1. The summed E-state index contributed by atoms with van der Waals surface area (Å²) in [6.45, 7) is 5.39. The highest BCUT2D eigenvalue weighted by Crippen LogP contribution is 2.25. The number of aryl methyl sites for hydroxylation is 1. The van der Waals surface area contributed by atoms with Crippen molar-refractivity contribution in [1.29, 1.82) is 0 Å². The molecule has 0 saturated carbocycles. The maximum atomic E-state index is 12.5. The molecule has 3 aromatic rings. The van der Waals surface area contributed by atoms with E-state index in [0.29, 0.717) is 18.3 Å². The molecule has 3 rings (SSSR count). The zero-order valence-electron chi connectivity index (χ0n) is 16.9. The number of ether oxygens (including phenoxy) is 1. The summed E-state index contributed by atoms with van der Waals surface area (Å²) in [6.07, 6.45) is 4.29. The van der Waals surface area contributed by atoms with E-state index in [0.717, 1.165) is 34.6 Å². The molecule has 0 aliphatic carbocycles. The summed E-state index contributed by atoms with van der Waals surface area (Å²) < 4.78 is 7.21. The second kappa shape index (κ2) is 10.2. The van der Waals surface area contributed by atoms with Gasteiger partial charge in [0.1, 0.15) is 0 Å². The maximum absolute atomic E-state index is 12.5. The van der Waals surface area contributed by atoms with Gasteiger partial charge in [-0.2, -0.15) is 0 Å². The van der Waals surface area contributed by atoms with Crippen molar-refractivity contribution in [2.75, 3.05) is 24.8 Å². The Hall–Kier alpha value is -2.71. The lowest BCUT2D eigenvalue weighted by Gasteiger charge is -2.11. The number of aromatic nitrogens is 4. The topological polar surface area (TPSA) is 81.9 Å². The van der Waals surface area contributed by atoms with Gasteiger partial charge in [0.2, 0.25) is 5.91 Å². The number of pyridine rings is 1. The first-order valence-corrected chi connectivity index (χ1v) is 10.4. The Morgan fingerprint density at radius 1 is 1.17 bits per heavy atom. The minimum atomic E-state index is -0.0689. The molecule has 0 aliphatic rings. The van der Waals surface area contributed by atoms with Gasteiger partial charge in [-0.1, -0.05) is 23.9 Å². The highest BCUT2D eigenvalue weighted by molar-refractivity contribution is 7.99. The first-order chi connectivity index (χ1) is 14.1. The minimum absolute atomic E-state index is 0.0689. The largest absolute Gasteiger partial charge is 0.385 e. The second-order valence-electron chi connectivity index (χ2n) is 6.62. The van der Waals surface area contributed by atoms with E-state index in [1.807, 2.05) is 48.7 Å². The third kappa shape index (κ3) is 5.42. The van der Waals surface area contributed by atoms with Crippen LogP contribution in [-0.2, 0) is 16.1 Å². The molecule has 7 nitrogen and oxygen atoms in total. The van der Waals surface area contributed by atoms with Crippen molar-refractivity contribution in [3.05, 3.63) is 53.9 Å². The van der Waals surface area contributed by atoms with Crippen molar-refractivity contribution in [2.24, 2.45) is 0 Å². The molecule has 29 heavy (non-hydrogen) atoms. The van der Waals surface area contributed by atoms with Gasteiger partial charge in [0.15, 0.2) is 11.0 Å². The van der Waals surface area contributed by atoms with Gasteiger partial charge in [0, 0.05) is 43.9 Å². The SMILES string of the molecule is COCCCn1c(SCC(=O)Nc2cccc(C)c2C)nnc1-c1ccncc1. The number of anilines is 1. The van der Waals surface area contributed by atoms with Crippen LogP contribution in [0.15, 0.2) is 47.9 Å². The standard InChI is InChI=1S/C21H25N5O2S/c1-15-6-4-7-18(16(15)2)23-19(27)14-29-21-25-24-20(17-8-10-22-11-9-17)26(21)12-5-13-28-3/h4,6-11H,5,12-14H2,1-3H3,(H,23,27). The van der Waals surface area contributed by atoms with Crippen molar-refractivity contribution in [1.82, 2.24) is 19.7 Å². The normalized spacial score (nSPS) is 10.9. The second-order valence-corrected chi connectivity index (χ2v) is 7.57. The van der Waals surface area contributed by atoms with Gasteiger partial charge >= 0.3 is 0 Å². The Morgan fingerprint density at radius 3 is 2.72 bits per heavy atom. The van der Waals surface area contributed by atoms with Gasteiger partial charge in [-0.3, -0.25) is 9.78 Å². The van der Waals surface area contributed by atoms with Crippen molar-refractivity contribution in [3.63, 3.8) is 0 Å². The Kier molecular flexibility index (Phi) is 7.37. The monoisotopic (exact) mass is 411 g/mol. The number of hydrogen-bond acceptors (Lipinski definition) is 6. The molecule has 1 N–H and O–H groups in total. The van der Waals surface area contributed by atoms with Crippen LogP contribution in [0, 0.1) is 13.8 Å². The van der Waals surface area contributed by atoms with Crippen LogP contribution in [0.3, 0.4) is 0 Å². The molecule has 0 saturated heterocycles. The average Bonchev–Trinajstić information content (AvgIpc) is 3.13. The molecule has 2 heterocycles. The van der Waals surface area contributed by atoms with E-state index in [2.05, 4.69) is 20.5 Å². The first kappa shape index (κ1) is 21.0. The third-order valence-electron chi connectivity index (χ3n) is 4.60. The molecule has 1 aromatic carbocycles. The number of hydrogen-bond donors (Lipinski definition) is 1. The fourth-order valence-corrected chi connectivity index (χ4v) is 3.65. The van der Waals surface area contributed by atoms with Gasteiger partial charge in [-0.05, 0) is 49.6 Å². The quantitative estimate of drug-likeness (QED) is 0.427. The predicted octanol–water partition coefficient (Wildman–Crippen LogP) is 3.72. The molecule has 0 bridgehead atoms. The molecule has 2 aromatic heterocycles. The summed E-state index contributed by atoms with van der Waals surface area (Å²) in [7, 11) is 1.68. The van der Waals surface area contributed by atoms with E-state index < -0.39 is 0 Å². The summed E-state index contributed by atoms with van der Waals surface area (Å²) in [6, 6.07) is 9.69. The number of thioether (sulfide) groups is 1. The lowest BCUT2D eigenvalue weighted by atomic mass is 10.1. The van der Waals surface area contributed by atoms with E-state index in [1.165, 1.54) is 11.8 Å². The van der Waals surface area contributed by atoms with Crippen LogP contribution in [0.5, 0.6) is 0 Å². The average molecular weight is 412 g/mol. The van der Waals surface area contributed by atoms with Gasteiger partial charge in [0.05, 0.1) is 5.75 Å². The highest BCUT2D eigenvalue weighted by Gasteiger charge is 2.16. The van der Waals surface area contributed by atoms with Crippen LogP contribution in [0.4, 0.5) is 5.69 Å². The number of rotatable bonds is 9. The van der Waals surface area contributed by atoms with E-state index in [4.69, 9.17) is 4.74 Å². The van der Waals surface area contributed by atoms with E-state index in [9.17, 15) is 4.79 Å². The fraction of sp³-hybridized carbons (Fsp3) is 0.333. The third-order valence-corrected chi connectivity index (χ3v) is 5.56. The zero-order chi connectivity index (χ0) is 20.6. The number of methoxy groups -OCH3 is 1. The number of carbonyl (C=O) groups excluding carboxylic acids is 1. The summed E-state index contributed by atoms with van der Waals surface area (Å²) >= 11 is 1.38. The summed E-state index contributed by atoms with van der Waals surface area (Å²) in [5, 5.41) is 12.4. The molecule has 0 fully saturated rings. The molecular formula is C21H25N5O2S. The summed E-state index contributed by atoms with van der Waals surface area (Å²) in [5.74, 6) is 0.952. The Morgan fingerprint density at radius 2 is 1.97 bits per heavy atom. The van der Waals surface area contributed by atoms with Crippen LogP contribution in [-0.4, -0.2) is 45.1 Å². The number of benzene rings is 1. The lowest BCUT2D eigenvalue weighted by Crippen LogP contribution is -2.16. The molecule has 0 spiro atoms. The molecular weight excluding hydrogens is 386 g/mol. The fourth-order valence-electron chi connectivity index (χ4n) is 2.88. The van der Waals surface area contributed by atoms with E-state index in [-0.39, 0.29) is 11.7 Å². The van der Waals surface area contributed by atoms with Crippen LogP contribution in [0.1, 0.15) is 17.5 Å². The molecule has 0 atom stereocenters. The predicted molar refractivity (Wildman–Crippen MR) is 115 cm³/mol. The molecule has 0 radical (unpaired) electrons. The first-order valence-electron chi connectivity index (χ1n) is 9.41. The molecule has 0 aliphatic heterocycles.